The van der Waals surface area contributed by atoms with Gasteiger partial charge in [-0.25, -0.2) is 0 Å². The van der Waals surface area contributed by atoms with Crippen LogP contribution in [0.3, 0.4) is 0 Å². The van der Waals surface area contributed by atoms with E-state index >= 15 is 0 Å². The molecule has 2 N–H and O–H groups in total. The lowest BCUT2D eigenvalue weighted by atomic mass is 9.90. The van der Waals surface area contributed by atoms with Gasteiger partial charge in [0.15, 0.2) is 0 Å². The molecular formula is C17H28N2. The first kappa shape index (κ1) is 14.5. The van der Waals surface area contributed by atoms with E-state index in [0.29, 0.717) is 12.1 Å². The predicted molar refractivity (Wildman–Crippen MR) is 82.2 cm³/mol. The number of piperidine rings is 1. The normalized spacial score (nSPS) is 24.1. The van der Waals surface area contributed by atoms with E-state index in [9.17, 15) is 0 Å². The number of aryl methyl sites for hydroxylation is 1. The van der Waals surface area contributed by atoms with Crippen LogP contribution in [0, 0.1) is 6.92 Å². The van der Waals surface area contributed by atoms with Crippen molar-refractivity contribution in [2.24, 2.45) is 5.73 Å². The summed E-state index contributed by atoms with van der Waals surface area (Å²) in [5, 5.41) is 0. The second kappa shape index (κ2) is 6.53. The molecule has 1 aromatic rings. The van der Waals surface area contributed by atoms with Crippen molar-refractivity contribution in [1.29, 1.82) is 0 Å². The van der Waals surface area contributed by atoms with Gasteiger partial charge in [-0.05, 0) is 50.8 Å². The van der Waals surface area contributed by atoms with Gasteiger partial charge in [-0.2, -0.15) is 0 Å². The Morgan fingerprint density at radius 2 is 2.05 bits per heavy atom. The molecular weight excluding hydrogens is 232 g/mol. The quantitative estimate of drug-likeness (QED) is 0.895. The highest BCUT2D eigenvalue weighted by Crippen LogP contribution is 2.33. The molecule has 0 amide bonds. The molecule has 0 aromatic heterocycles. The van der Waals surface area contributed by atoms with Crippen molar-refractivity contribution in [3.8, 4) is 0 Å². The Labute approximate surface area is 118 Å². The van der Waals surface area contributed by atoms with Gasteiger partial charge < -0.3 is 5.73 Å². The first-order valence-corrected chi connectivity index (χ1v) is 7.72. The van der Waals surface area contributed by atoms with Gasteiger partial charge in [-0.1, -0.05) is 37.6 Å². The number of hydrogen-bond acceptors (Lipinski definition) is 2. The molecule has 1 saturated heterocycles. The summed E-state index contributed by atoms with van der Waals surface area (Å²) in [6.45, 7) is 7.85. The van der Waals surface area contributed by atoms with Crippen LogP contribution in [0.1, 0.15) is 56.7 Å². The van der Waals surface area contributed by atoms with Crippen LogP contribution < -0.4 is 5.73 Å². The summed E-state index contributed by atoms with van der Waals surface area (Å²) in [6, 6.07) is 9.96. The fourth-order valence-electron chi connectivity index (χ4n) is 3.51. The Kier molecular flexibility index (Phi) is 5.00. The van der Waals surface area contributed by atoms with Crippen molar-refractivity contribution < 1.29 is 0 Å². The minimum absolute atomic E-state index is 0.174. The molecule has 2 nitrogen and oxygen atoms in total. The minimum Gasteiger partial charge on any atom is -0.326 e. The minimum atomic E-state index is 0.174. The molecule has 3 unspecified atom stereocenters. The Balaban J connectivity index is 2.32. The van der Waals surface area contributed by atoms with E-state index in [1.807, 2.05) is 0 Å². The first-order valence-electron chi connectivity index (χ1n) is 7.72. The topological polar surface area (TPSA) is 29.3 Å². The number of likely N-dealkylation sites (tertiary alicyclic amines) is 1. The maximum absolute atomic E-state index is 6.34. The van der Waals surface area contributed by atoms with Crippen LogP contribution in [0.25, 0.3) is 0 Å². The standard InChI is InChI=1S/C17H28N2/c1-4-15-10-7-8-12-19(15)17(14(3)18)16-11-6-5-9-13(16)2/h5-6,9,11,14-15,17H,4,7-8,10,12,18H2,1-3H3. The molecule has 1 aliphatic heterocycles. The number of hydrogen-bond donors (Lipinski definition) is 1. The summed E-state index contributed by atoms with van der Waals surface area (Å²) in [6.07, 6.45) is 5.24. The number of nitrogens with two attached hydrogens (primary N) is 1. The van der Waals surface area contributed by atoms with Gasteiger partial charge in [0, 0.05) is 12.1 Å². The smallest absolute Gasteiger partial charge is 0.0501 e. The summed E-state index contributed by atoms with van der Waals surface area (Å²) in [7, 11) is 0. The fraction of sp³-hybridized carbons (Fsp3) is 0.647. The van der Waals surface area contributed by atoms with Gasteiger partial charge in [0.25, 0.3) is 0 Å². The molecule has 19 heavy (non-hydrogen) atoms. The average molecular weight is 260 g/mol. The van der Waals surface area contributed by atoms with E-state index in [1.165, 1.54) is 43.4 Å². The Bertz CT molecular complexity index is 400. The van der Waals surface area contributed by atoms with Crippen LogP contribution in [0.4, 0.5) is 0 Å². The molecule has 106 valence electrons. The zero-order valence-electron chi connectivity index (χ0n) is 12.6. The molecule has 1 fully saturated rings. The van der Waals surface area contributed by atoms with E-state index in [0.717, 1.165) is 0 Å². The summed E-state index contributed by atoms with van der Waals surface area (Å²) in [5.74, 6) is 0. The number of benzene rings is 1. The summed E-state index contributed by atoms with van der Waals surface area (Å²) >= 11 is 0. The lowest BCUT2D eigenvalue weighted by Crippen LogP contribution is -2.47. The van der Waals surface area contributed by atoms with Crippen molar-refractivity contribution >= 4 is 0 Å². The molecule has 0 saturated carbocycles. The summed E-state index contributed by atoms with van der Waals surface area (Å²) in [4.78, 5) is 2.66. The first-order chi connectivity index (χ1) is 9.15. The zero-order chi connectivity index (χ0) is 13.8. The maximum Gasteiger partial charge on any atom is 0.0501 e. The third-order valence-electron chi connectivity index (χ3n) is 4.51. The second-order valence-electron chi connectivity index (χ2n) is 5.96. The van der Waals surface area contributed by atoms with Crippen molar-refractivity contribution in [3.63, 3.8) is 0 Å². The van der Waals surface area contributed by atoms with Crippen LogP contribution in [0.2, 0.25) is 0 Å². The third-order valence-corrected chi connectivity index (χ3v) is 4.51. The van der Waals surface area contributed by atoms with Gasteiger partial charge in [0.2, 0.25) is 0 Å². The largest absolute Gasteiger partial charge is 0.326 e. The SMILES string of the molecule is CCC1CCCCN1C(c1ccccc1C)C(C)N. The zero-order valence-corrected chi connectivity index (χ0v) is 12.6. The predicted octanol–water partition coefficient (Wildman–Crippen LogP) is 3.65. The number of rotatable bonds is 4. The maximum atomic E-state index is 6.34. The van der Waals surface area contributed by atoms with Crippen LogP contribution in [0.5, 0.6) is 0 Å². The van der Waals surface area contributed by atoms with Crippen molar-refractivity contribution in [3.05, 3.63) is 35.4 Å². The molecule has 1 heterocycles. The molecule has 1 aliphatic rings. The van der Waals surface area contributed by atoms with Crippen LogP contribution >= 0.6 is 0 Å². The molecule has 0 spiro atoms. The summed E-state index contributed by atoms with van der Waals surface area (Å²) in [5.41, 5.74) is 9.12. The van der Waals surface area contributed by atoms with Gasteiger partial charge >= 0.3 is 0 Å². The Morgan fingerprint density at radius 1 is 1.32 bits per heavy atom. The Morgan fingerprint density at radius 3 is 2.68 bits per heavy atom. The monoisotopic (exact) mass is 260 g/mol. The average Bonchev–Trinajstić information content (AvgIpc) is 2.41. The van der Waals surface area contributed by atoms with Gasteiger partial charge in [-0.15, -0.1) is 0 Å². The molecule has 3 atom stereocenters. The fourth-order valence-corrected chi connectivity index (χ4v) is 3.51. The van der Waals surface area contributed by atoms with E-state index in [2.05, 4.69) is 49.9 Å². The third kappa shape index (κ3) is 3.18. The van der Waals surface area contributed by atoms with Gasteiger partial charge in [0.1, 0.15) is 0 Å². The van der Waals surface area contributed by atoms with Crippen molar-refractivity contribution in [2.45, 2.75) is 64.6 Å². The molecule has 0 bridgehead atoms. The van der Waals surface area contributed by atoms with Crippen LogP contribution in [-0.2, 0) is 0 Å². The lowest BCUT2D eigenvalue weighted by molar-refractivity contribution is 0.0794. The van der Waals surface area contributed by atoms with Gasteiger partial charge in [0.05, 0.1) is 6.04 Å². The van der Waals surface area contributed by atoms with E-state index in [-0.39, 0.29) is 6.04 Å². The highest BCUT2D eigenvalue weighted by molar-refractivity contribution is 5.30. The van der Waals surface area contributed by atoms with E-state index in [1.54, 1.807) is 0 Å². The van der Waals surface area contributed by atoms with Gasteiger partial charge in [-0.3, -0.25) is 4.90 Å². The van der Waals surface area contributed by atoms with E-state index < -0.39 is 0 Å². The molecule has 0 radical (unpaired) electrons. The highest BCUT2D eigenvalue weighted by atomic mass is 15.2. The molecule has 0 aliphatic carbocycles. The Hall–Kier alpha value is -0.860. The lowest BCUT2D eigenvalue weighted by Gasteiger charge is -2.43. The number of nitrogens with zero attached hydrogens (tertiary/aromatic N) is 1. The van der Waals surface area contributed by atoms with Crippen molar-refractivity contribution in [1.82, 2.24) is 4.90 Å². The molecule has 2 heteroatoms. The van der Waals surface area contributed by atoms with Crippen LogP contribution in [0.15, 0.2) is 24.3 Å². The van der Waals surface area contributed by atoms with Crippen LogP contribution in [-0.4, -0.2) is 23.5 Å². The molecule has 2 rings (SSSR count). The van der Waals surface area contributed by atoms with Crippen molar-refractivity contribution in [2.75, 3.05) is 6.54 Å². The highest BCUT2D eigenvalue weighted by Gasteiger charge is 2.31. The second-order valence-corrected chi connectivity index (χ2v) is 5.96. The molecule has 1 aromatic carbocycles. The summed E-state index contributed by atoms with van der Waals surface area (Å²) < 4.78 is 0. The van der Waals surface area contributed by atoms with E-state index in [4.69, 9.17) is 5.73 Å².